The molecule has 0 saturated heterocycles. The first kappa shape index (κ1) is 11.2. The van der Waals surface area contributed by atoms with Crippen LogP contribution in [-0.2, 0) is 5.54 Å². The number of pyridine rings is 1. The topological polar surface area (TPSA) is 17.8 Å². The standard InChI is InChI=1S/C14H20N2/c1-13(2,3)14(4,5)16-10-8-11-7-6-9-15-12(11)16/h6-10H,1-5H3. The Morgan fingerprint density at radius 2 is 1.75 bits per heavy atom. The van der Waals surface area contributed by atoms with Gasteiger partial charge in [0.15, 0.2) is 0 Å². The van der Waals surface area contributed by atoms with Gasteiger partial charge < -0.3 is 4.57 Å². The summed E-state index contributed by atoms with van der Waals surface area (Å²) >= 11 is 0. The number of fused-ring (bicyclic) bond motifs is 1. The van der Waals surface area contributed by atoms with Crippen molar-refractivity contribution in [3.8, 4) is 0 Å². The molecule has 16 heavy (non-hydrogen) atoms. The number of nitrogens with zero attached hydrogens (tertiary/aromatic N) is 2. The van der Waals surface area contributed by atoms with Crippen LogP contribution in [0.3, 0.4) is 0 Å². The van der Waals surface area contributed by atoms with Crippen LogP contribution in [0.15, 0.2) is 30.6 Å². The largest absolute Gasteiger partial charge is 0.326 e. The molecule has 0 aromatic carbocycles. The highest BCUT2D eigenvalue weighted by atomic mass is 15.1. The Balaban J connectivity index is 2.64. The first-order valence-corrected chi connectivity index (χ1v) is 5.76. The van der Waals surface area contributed by atoms with Crippen LogP contribution in [-0.4, -0.2) is 9.55 Å². The van der Waals surface area contributed by atoms with Crippen LogP contribution in [0.25, 0.3) is 11.0 Å². The Bertz CT molecular complexity index is 501. The number of aromatic nitrogens is 2. The second kappa shape index (κ2) is 3.34. The van der Waals surface area contributed by atoms with Crippen LogP contribution in [0.4, 0.5) is 0 Å². The van der Waals surface area contributed by atoms with Gasteiger partial charge in [0.1, 0.15) is 5.65 Å². The average Bonchev–Trinajstić information content (AvgIpc) is 2.59. The first-order chi connectivity index (χ1) is 7.34. The minimum atomic E-state index is 0.0447. The highest BCUT2D eigenvalue weighted by Crippen LogP contribution is 2.38. The van der Waals surface area contributed by atoms with E-state index >= 15 is 0 Å². The van der Waals surface area contributed by atoms with Gasteiger partial charge in [-0.25, -0.2) is 4.98 Å². The van der Waals surface area contributed by atoms with Gasteiger partial charge in [0, 0.05) is 23.3 Å². The molecule has 0 saturated carbocycles. The molecule has 0 aliphatic carbocycles. The molecule has 2 aromatic heterocycles. The summed E-state index contributed by atoms with van der Waals surface area (Å²) in [5.41, 5.74) is 1.31. The lowest BCUT2D eigenvalue weighted by Gasteiger charge is -2.40. The van der Waals surface area contributed by atoms with Gasteiger partial charge in [-0.3, -0.25) is 0 Å². The maximum absolute atomic E-state index is 4.48. The summed E-state index contributed by atoms with van der Waals surface area (Å²) in [7, 11) is 0. The number of rotatable bonds is 1. The molecule has 2 nitrogen and oxygen atoms in total. The second-order valence-electron chi connectivity index (χ2n) is 5.91. The SMILES string of the molecule is CC(C)(C)C(C)(C)n1ccc2cccnc21. The molecule has 0 aliphatic heterocycles. The summed E-state index contributed by atoms with van der Waals surface area (Å²) in [6.45, 7) is 11.3. The molecule has 0 unspecified atom stereocenters. The third-order valence-electron chi connectivity index (χ3n) is 3.89. The van der Waals surface area contributed by atoms with Crippen molar-refractivity contribution in [2.45, 2.75) is 40.2 Å². The van der Waals surface area contributed by atoms with E-state index in [4.69, 9.17) is 0 Å². The fraction of sp³-hybridized carbons (Fsp3) is 0.500. The lowest BCUT2D eigenvalue weighted by molar-refractivity contribution is 0.145. The van der Waals surface area contributed by atoms with E-state index in [-0.39, 0.29) is 11.0 Å². The molecular weight excluding hydrogens is 196 g/mol. The molecule has 0 spiro atoms. The van der Waals surface area contributed by atoms with Crippen LogP contribution >= 0.6 is 0 Å². The zero-order valence-corrected chi connectivity index (χ0v) is 10.8. The van der Waals surface area contributed by atoms with Crippen LogP contribution < -0.4 is 0 Å². The van der Waals surface area contributed by atoms with E-state index in [0.29, 0.717) is 0 Å². The zero-order chi connectivity index (χ0) is 12.0. The van der Waals surface area contributed by atoms with Gasteiger partial charge in [-0.05, 0) is 37.5 Å². The molecule has 0 radical (unpaired) electrons. The summed E-state index contributed by atoms with van der Waals surface area (Å²) in [5.74, 6) is 0. The lowest BCUT2D eigenvalue weighted by atomic mass is 9.76. The predicted octanol–water partition coefficient (Wildman–Crippen LogP) is 3.82. The van der Waals surface area contributed by atoms with Gasteiger partial charge in [0.25, 0.3) is 0 Å². The Morgan fingerprint density at radius 1 is 1.06 bits per heavy atom. The molecule has 2 rings (SSSR count). The van der Waals surface area contributed by atoms with Crippen LogP contribution in [0.5, 0.6) is 0 Å². The fourth-order valence-electron chi connectivity index (χ4n) is 1.78. The van der Waals surface area contributed by atoms with Crippen molar-refractivity contribution < 1.29 is 0 Å². The van der Waals surface area contributed by atoms with E-state index in [9.17, 15) is 0 Å². The van der Waals surface area contributed by atoms with E-state index in [1.807, 2.05) is 12.3 Å². The van der Waals surface area contributed by atoms with Crippen LogP contribution in [0, 0.1) is 5.41 Å². The summed E-state index contributed by atoms with van der Waals surface area (Å²) < 4.78 is 2.28. The van der Waals surface area contributed by atoms with Crippen LogP contribution in [0.2, 0.25) is 0 Å². The van der Waals surface area contributed by atoms with Crippen molar-refractivity contribution in [1.29, 1.82) is 0 Å². The molecule has 0 N–H and O–H groups in total. The summed E-state index contributed by atoms with van der Waals surface area (Å²) in [4.78, 5) is 4.48. The van der Waals surface area contributed by atoms with Gasteiger partial charge in [0.05, 0.1) is 0 Å². The van der Waals surface area contributed by atoms with Gasteiger partial charge in [-0.15, -0.1) is 0 Å². The monoisotopic (exact) mass is 216 g/mol. The van der Waals surface area contributed by atoms with E-state index in [1.165, 1.54) is 5.39 Å². The van der Waals surface area contributed by atoms with Crippen molar-refractivity contribution >= 4 is 11.0 Å². The molecule has 2 heterocycles. The summed E-state index contributed by atoms with van der Waals surface area (Å²) in [6, 6.07) is 6.23. The highest BCUT2D eigenvalue weighted by molar-refractivity contribution is 5.76. The Hall–Kier alpha value is -1.31. The molecule has 2 heteroatoms. The minimum absolute atomic E-state index is 0.0447. The third-order valence-corrected chi connectivity index (χ3v) is 3.89. The summed E-state index contributed by atoms with van der Waals surface area (Å²) in [5, 5.41) is 1.21. The lowest BCUT2D eigenvalue weighted by Crippen LogP contribution is -2.39. The van der Waals surface area contributed by atoms with Gasteiger partial charge in [-0.2, -0.15) is 0 Å². The molecule has 86 valence electrons. The first-order valence-electron chi connectivity index (χ1n) is 5.76. The summed E-state index contributed by atoms with van der Waals surface area (Å²) in [6.07, 6.45) is 4.00. The third kappa shape index (κ3) is 1.53. The van der Waals surface area contributed by atoms with Crippen molar-refractivity contribution in [3.63, 3.8) is 0 Å². The molecule has 0 atom stereocenters. The van der Waals surface area contributed by atoms with E-state index in [2.05, 4.69) is 62.5 Å². The molecule has 0 bridgehead atoms. The van der Waals surface area contributed by atoms with E-state index in [1.54, 1.807) is 0 Å². The van der Waals surface area contributed by atoms with Crippen molar-refractivity contribution in [2.24, 2.45) is 5.41 Å². The maximum atomic E-state index is 4.48. The van der Waals surface area contributed by atoms with Crippen molar-refractivity contribution in [3.05, 3.63) is 30.6 Å². The molecule has 0 aliphatic rings. The molecule has 0 fully saturated rings. The van der Waals surface area contributed by atoms with Gasteiger partial charge in [-0.1, -0.05) is 20.8 Å². The fourth-order valence-corrected chi connectivity index (χ4v) is 1.78. The number of hydrogen-bond acceptors (Lipinski definition) is 1. The average molecular weight is 216 g/mol. The molecule has 0 amide bonds. The predicted molar refractivity (Wildman–Crippen MR) is 68.5 cm³/mol. The Kier molecular flexibility index (Phi) is 2.33. The zero-order valence-electron chi connectivity index (χ0n) is 10.8. The van der Waals surface area contributed by atoms with Gasteiger partial charge >= 0.3 is 0 Å². The van der Waals surface area contributed by atoms with Crippen molar-refractivity contribution in [1.82, 2.24) is 9.55 Å². The Morgan fingerprint density at radius 3 is 2.38 bits per heavy atom. The smallest absolute Gasteiger partial charge is 0.140 e. The van der Waals surface area contributed by atoms with Crippen molar-refractivity contribution in [2.75, 3.05) is 0 Å². The minimum Gasteiger partial charge on any atom is -0.326 e. The molecular formula is C14H20N2. The second-order valence-corrected chi connectivity index (χ2v) is 5.91. The number of hydrogen-bond donors (Lipinski definition) is 0. The molecule has 2 aromatic rings. The Labute approximate surface area is 97.3 Å². The van der Waals surface area contributed by atoms with E-state index in [0.717, 1.165) is 5.65 Å². The van der Waals surface area contributed by atoms with Crippen LogP contribution in [0.1, 0.15) is 34.6 Å². The van der Waals surface area contributed by atoms with Gasteiger partial charge in [0.2, 0.25) is 0 Å². The normalized spacial score (nSPS) is 13.3. The highest BCUT2D eigenvalue weighted by Gasteiger charge is 2.35. The quantitative estimate of drug-likeness (QED) is 0.708. The van der Waals surface area contributed by atoms with E-state index < -0.39 is 0 Å². The maximum Gasteiger partial charge on any atom is 0.140 e.